The fraction of sp³-hybridized carbons (Fsp3) is 0.460. The Morgan fingerprint density at radius 3 is 1.75 bits per heavy atom. The molecule has 314 valence electrons. The molecule has 1 fully saturated rings. The quantitative estimate of drug-likeness (QED) is 0.0551. The molecule has 9 heteroatoms. The van der Waals surface area contributed by atoms with Gasteiger partial charge < -0.3 is 28.4 Å². The summed E-state index contributed by atoms with van der Waals surface area (Å²) in [7, 11) is 0. The Balaban J connectivity index is 1.54. The zero-order valence-electron chi connectivity index (χ0n) is 35.9. The van der Waals surface area contributed by atoms with Crippen LogP contribution in [0.3, 0.4) is 0 Å². The molecule has 1 aliphatic heterocycles. The molecule has 7 atom stereocenters. The average Bonchev–Trinajstić information content (AvgIpc) is 3.20. The second-order valence-corrected chi connectivity index (χ2v) is 16.5. The van der Waals surface area contributed by atoms with Gasteiger partial charge in [-0.05, 0) is 142 Å². The molecule has 7 unspecified atom stereocenters. The molecule has 0 saturated carbocycles. The number of esters is 2. The topological polar surface area (TPSA) is 113 Å². The third-order valence-electron chi connectivity index (χ3n) is 10.8. The second kappa shape index (κ2) is 21.2. The van der Waals surface area contributed by atoms with Crippen molar-refractivity contribution in [3.8, 4) is 23.3 Å². The fourth-order valence-corrected chi connectivity index (χ4v) is 7.98. The first-order chi connectivity index (χ1) is 28.2. The van der Waals surface area contributed by atoms with Crippen LogP contribution >= 0.6 is 0 Å². The van der Waals surface area contributed by atoms with E-state index in [0.717, 1.165) is 58.6 Å². The Morgan fingerprint density at radius 1 is 0.746 bits per heavy atom. The number of carbonyl (C=O) groups excluding carboxylic acids is 2. The van der Waals surface area contributed by atoms with Gasteiger partial charge in [-0.1, -0.05) is 74.5 Å². The summed E-state index contributed by atoms with van der Waals surface area (Å²) in [4.78, 5) is 24.2. The smallest absolute Gasteiger partial charge is 0.308 e. The van der Waals surface area contributed by atoms with Crippen LogP contribution < -0.4 is 14.2 Å². The molecular formula is C50H61NO8. The van der Waals surface area contributed by atoms with Crippen LogP contribution in [0.15, 0.2) is 97.1 Å². The number of nitriles is 1. The summed E-state index contributed by atoms with van der Waals surface area (Å²) in [5.41, 5.74) is 4.78. The van der Waals surface area contributed by atoms with Crippen molar-refractivity contribution in [1.29, 1.82) is 5.26 Å². The summed E-state index contributed by atoms with van der Waals surface area (Å²) in [5, 5.41) is 10.1. The molecule has 0 aromatic heterocycles. The summed E-state index contributed by atoms with van der Waals surface area (Å²) in [6, 6.07) is 35.2. The van der Waals surface area contributed by atoms with Gasteiger partial charge >= 0.3 is 11.9 Å². The van der Waals surface area contributed by atoms with E-state index in [2.05, 4.69) is 56.3 Å². The molecular weight excluding hydrogens is 743 g/mol. The van der Waals surface area contributed by atoms with Gasteiger partial charge in [0, 0.05) is 26.4 Å². The Bertz CT molecular complexity index is 1960. The number of hydrogen-bond donors (Lipinski definition) is 0. The summed E-state index contributed by atoms with van der Waals surface area (Å²) < 4.78 is 34.8. The molecule has 0 spiro atoms. The van der Waals surface area contributed by atoms with Crippen LogP contribution in [0.5, 0.6) is 17.2 Å². The van der Waals surface area contributed by atoms with Gasteiger partial charge in [0.2, 0.25) is 0 Å². The Kier molecular flexibility index (Phi) is 16.1. The van der Waals surface area contributed by atoms with Gasteiger partial charge in [0.05, 0.1) is 18.6 Å². The largest absolute Gasteiger partial charge is 0.465 e. The second-order valence-electron chi connectivity index (χ2n) is 16.5. The van der Waals surface area contributed by atoms with Crippen LogP contribution in [0.2, 0.25) is 0 Å². The monoisotopic (exact) mass is 803 g/mol. The molecule has 0 aliphatic carbocycles. The van der Waals surface area contributed by atoms with Crippen LogP contribution in [0.1, 0.15) is 145 Å². The van der Waals surface area contributed by atoms with Crippen molar-refractivity contribution in [3.63, 3.8) is 0 Å². The molecule has 4 aromatic rings. The first-order valence-electron chi connectivity index (χ1n) is 21.0. The van der Waals surface area contributed by atoms with Crippen molar-refractivity contribution >= 4 is 11.9 Å². The Hall–Kier alpha value is -5.17. The number of nitrogens with zero attached hydrogens (tertiary/aromatic N) is 1. The molecule has 0 bridgehead atoms. The lowest BCUT2D eigenvalue weighted by Crippen LogP contribution is -2.25. The van der Waals surface area contributed by atoms with Gasteiger partial charge in [0.15, 0.2) is 12.6 Å². The molecule has 1 aliphatic rings. The maximum absolute atomic E-state index is 12.5. The van der Waals surface area contributed by atoms with Crippen LogP contribution in [0.25, 0.3) is 0 Å². The zero-order chi connectivity index (χ0) is 42.5. The molecule has 4 aromatic carbocycles. The standard InChI is InChI=1S/C50H61NO8/c1-9-54-36(5)57-44-26-19-40(20-27-44)49(34(3)38-17-24-43(25-18-38)56-35(4)52)48(41-21-28-45(29-22-41)58-47-12-10-11-31-55-47)33(2)37-13-15-39(16-14-37)42(32-51)23-30-46(53)59-50(6,7)8/h13-22,24-29,33-34,36,42,47-49H,9-12,23,30-31H2,1-8H3. The maximum Gasteiger partial charge on any atom is 0.308 e. The van der Waals surface area contributed by atoms with E-state index >= 15 is 0 Å². The molecule has 1 saturated heterocycles. The fourth-order valence-electron chi connectivity index (χ4n) is 7.98. The summed E-state index contributed by atoms with van der Waals surface area (Å²) in [5.74, 6) is 0.781. The lowest BCUT2D eigenvalue weighted by molar-refractivity contribution is -0.155. The molecule has 0 N–H and O–H groups in total. The maximum atomic E-state index is 12.5. The third-order valence-corrected chi connectivity index (χ3v) is 10.8. The van der Waals surface area contributed by atoms with Gasteiger partial charge in [-0.25, -0.2) is 0 Å². The highest BCUT2D eigenvalue weighted by Gasteiger charge is 2.35. The van der Waals surface area contributed by atoms with E-state index in [1.165, 1.54) is 6.92 Å². The van der Waals surface area contributed by atoms with Crippen molar-refractivity contribution in [1.82, 2.24) is 0 Å². The highest BCUT2D eigenvalue weighted by atomic mass is 16.7. The molecule has 5 rings (SSSR count). The van der Waals surface area contributed by atoms with Crippen molar-refractivity contribution in [2.75, 3.05) is 13.2 Å². The lowest BCUT2D eigenvalue weighted by Gasteiger charge is -2.37. The SMILES string of the molecule is CCOC(C)Oc1ccc(C(C(C)c2ccc(OC(C)=O)cc2)C(c2ccc(OC3CCCCO3)cc2)C(C)c2ccc(C(C#N)CCC(=O)OC(C)(C)C)cc2)cc1. The van der Waals surface area contributed by atoms with E-state index < -0.39 is 11.5 Å². The Morgan fingerprint density at radius 2 is 1.25 bits per heavy atom. The zero-order valence-corrected chi connectivity index (χ0v) is 35.9. The summed E-state index contributed by atoms with van der Waals surface area (Å²) in [6.45, 7) is 16.5. The van der Waals surface area contributed by atoms with E-state index in [1.54, 1.807) is 0 Å². The van der Waals surface area contributed by atoms with Crippen LogP contribution in [-0.4, -0.2) is 43.3 Å². The van der Waals surface area contributed by atoms with Crippen molar-refractivity contribution < 1.29 is 38.0 Å². The number of benzene rings is 4. The summed E-state index contributed by atoms with van der Waals surface area (Å²) >= 11 is 0. The van der Waals surface area contributed by atoms with E-state index in [-0.39, 0.29) is 54.6 Å². The molecule has 1 heterocycles. The molecule has 0 radical (unpaired) electrons. The van der Waals surface area contributed by atoms with E-state index in [9.17, 15) is 14.9 Å². The summed E-state index contributed by atoms with van der Waals surface area (Å²) in [6.07, 6.45) is 2.90. The Labute approximate surface area is 350 Å². The average molecular weight is 804 g/mol. The van der Waals surface area contributed by atoms with E-state index in [4.69, 9.17) is 28.4 Å². The van der Waals surface area contributed by atoms with Crippen molar-refractivity contribution in [3.05, 3.63) is 125 Å². The molecule has 59 heavy (non-hydrogen) atoms. The molecule has 9 nitrogen and oxygen atoms in total. The van der Waals surface area contributed by atoms with E-state index in [0.29, 0.717) is 25.4 Å². The van der Waals surface area contributed by atoms with Crippen LogP contribution in [-0.2, 0) is 23.8 Å². The predicted octanol–water partition coefficient (Wildman–Crippen LogP) is 11.5. The van der Waals surface area contributed by atoms with Crippen LogP contribution in [0, 0.1) is 11.3 Å². The highest BCUT2D eigenvalue weighted by molar-refractivity contribution is 5.70. The first-order valence-corrected chi connectivity index (χ1v) is 21.0. The minimum Gasteiger partial charge on any atom is -0.465 e. The number of rotatable bonds is 18. The van der Waals surface area contributed by atoms with Crippen molar-refractivity contribution in [2.24, 2.45) is 0 Å². The minimum absolute atomic E-state index is 0.00136. The van der Waals surface area contributed by atoms with E-state index in [1.807, 2.05) is 95.3 Å². The van der Waals surface area contributed by atoms with Crippen molar-refractivity contribution in [2.45, 2.75) is 135 Å². The molecule has 0 amide bonds. The third kappa shape index (κ3) is 13.2. The van der Waals surface area contributed by atoms with Gasteiger partial charge in [0.25, 0.3) is 0 Å². The normalized spacial score (nSPS) is 17.3. The first kappa shape index (κ1) is 44.9. The van der Waals surface area contributed by atoms with Gasteiger partial charge in [-0.2, -0.15) is 5.26 Å². The minimum atomic E-state index is -0.578. The van der Waals surface area contributed by atoms with Crippen LogP contribution in [0.4, 0.5) is 0 Å². The highest BCUT2D eigenvalue weighted by Crippen LogP contribution is 2.50. The van der Waals surface area contributed by atoms with Gasteiger partial charge in [0.1, 0.15) is 22.8 Å². The van der Waals surface area contributed by atoms with Gasteiger partial charge in [-0.15, -0.1) is 0 Å². The lowest BCUT2D eigenvalue weighted by atomic mass is 9.66. The number of carbonyl (C=O) groups is 2. The predicted molar refractivity (Wildman–Crippen MR) is 229 cm³/mol. The number of ether oxygens (including phenoxy) is 6. The number of hydrogen-bond acceptors (Lipinski definition) is 9. The van der Waals surface area contributed by atoms with Gasteiger partial charge in [-0.3, -0.25) is 9.59 Å².